The first-order valence-electron chi connectivity index (χ1n) is 5.77. The number of benzene rings is 1. The van der Waals surface area contributed by atoms with Crippen molar-refractivity contribution >= 4 is 21.7 Å². The van der Waals surface area contributed by atoms with Gasteiger partial charge in [-0.05, 0) is 43.2 Å². The summed E-state index contributed by atoms with van der Waals surface area (Å²) in [6, 6.07) is 9.63. The van der Waals surface area contributed by atoms with Crippen LogP contribution in [0, 0.1) is 13.8 Å². The number of Topliss-reactive ketones (excluding diaryl/α,β-unsaturated/α-hetero) is 1. The van der Waals surface area contributed by atoms with E-state index >= 15 is 0 Å². The van der Waals surface area contributed by atoms with Gasteiger partial charge in [0.1, 0.15) is 0 Å². The monoisotopic (exact) mass is 303 g/mol. The smallest absolute Gasteiger partial charge is 0.169 e. The van der Waals surface area contributed by atoms with Crippen molar-refractivity contribution in [1.29, 1.82) is 0 Å². The average Bonchev–Trinajstić information content (AvgIpc) is 2.32. The maximum atomic E-state index is 12.2. The number of carbonyl (C=O) groups is 1. The predicted molar refractivity (Wildman–Crippen MR) is 75.9 cm³/mol. The third-order valence-corrected chi connectivity index (χ3v) is 3.40. The topological polar surface area (TPSA) is 30.0 Å². The van der Waals surface area contributed by atoms with Gasteiger partial charge in [0, 0.05) is 21.9 Å². The molecule has 0 aliphatic rings. The minimum Gasteiger partial charge on any atom is -0.294 e. The van der Waals surface area contributed by atoms with Crippen molar-refractivity contribution in [3.63, 3.8) is 0 Å². The molecule has 2 nitrogen and oxygen atoms in total. The van der Waals surface area contributed by atoms with Crippen molar-refractivity contribution in [2.75, 3.05) is 0 Å². The van der Waals surface area contributed by atoms with Gasteiger partial charge < -0.3 is 0 Å². The second-order valence-electron chi connectivity index (χ2n) is 4.41. The van der Waals surface area contributed by atoms with E-state index in [0.29, 0.717) is 12.0 Å². The molecule has 1 aromatic carbocycles. The number of ketones is 1. The van der Waals surface area contributed by atoms with Crippen molar-refractivity contribution in [3.05, 3.63) is 63.4 Å². The van der Waals surface area contributed by atoms with E-state index in [1.807, 2.05) is 44.2 Å². The Morgan fingerprint density at radius 1 is 1.17 bits per heavy atom. The average molecular weight is 304 g/mol. The van der Waals surface area contributed by atoms with Crippen LogP contribution >= 0.6 is 15.9 Å². The van der Waals surface area contributed by atoms with Crippen molar-refractivity contribution in [3.8, 4) is 0 Å². The zero-order valence-electron chi connectivity index (χ0n) is 10.4. The predicted octanol–water partition coefficient (Wildman–Crippen LogP) is 3.89. The lowest BCUT2D eigenvalue weighted by Gasteiger charge is -2.05. The first-order chi connectivity index (χ1) is 8.56. The Morgan fingerprint density at radius 2 is 1.89 bits per heavy atom. The molecule has 0 aliphatic carbocycles. The molecule has 0 fully saturated rings. The number of aryl methyl sites for hydroxylation is 2. The molecular formula is C15H14BrNO. The van der Waals surface area contributed by atoms with Crippen LogP contribution in [0.1, 0.15) is 27.2 Å². The number of halogens is 1. The molecule has 3 heteroatoms. The molecule has 1 aromatic heterocycles. The Kier molecular flexibility index (Phi) is 3.92. The summed E-state index contributed by atoms with van der Waals surface area (Å²) < 4.78 is 0.847. The van der Waals surface area contributed by atoms with E-state index in [-0.39, 0.29) is 5.78 Å². The molecule has 92 valence electrons. The summed E-state index contributed by atoms with van der Waals surface area (Å²) in [5, 5.41) is 0. The molecule has 2 rings (SSSR count). The van der Waals surface area contributed by atoms with Gasteiger partial charge in [0.15, 0.2) is 5.78 Å². The van der Waals surface area contributed by atoms with Gasteiger partial charge in [-0.3, -0.25) is 9.78 Å². The van der Waals surface area contributed by atoms with E-state index in [2.05, 4.69) is 20.9 Å². The molecule has 0 radical (unpaired) electrons. The van der Waals surface area contributed by atoms with Crippen LogP contribution in [0.4, 0.5) is 0 Å². The van der Waals surface area contributed by atoms with Gasteiger partial charge in [0.2, 0.25) is 0 Å². The zero-order valence-corrected chi connectivity index (χ0v) is 12.0. The number of pyridine rings is 1. The van der Waals surface area contributed by atoms with Gasteiger partial charge in [-0.2, -0.15) is 0 Å². The summed E-state index contributed by atoms with van der Waals surface area (Å²) in [4.78, 5) is 16.4. The van der Waals surface area contributed by atoms with E-state index in [1.165, 1.54) is 0 Å². The van der Waals surface area contributed by atoms with Gasteiger partial charge in [-0.1, -0.05) is 28.1 Å². The largest absolute Gasteiger partial charge is 0.294 e. The maximum Gasteiger partial charge on any atom is 0.169 e. The van der Waals surface area contributed by atoms with Crippen LogP contribution in [0.5, 0.6) is 0 Å². The normalized spacial score (nSPS) is 10.4. The van der Waals surface area contributed by atoms with Crippen molar-refractivity contribution < 1.29 is 4.79 Å². The molecule has 0 atom stereocenters. The summed E-state index contributed by atoms with van der Waals surface area (Å²) in [7, 11) is 0. The highest BCUT2D eigenvalue weighted by atomic mass is 79.9. The number of nitrogens with zero attached hydrogens (tertiary/aromatic N) is 1. The first kappa shape index (κ1) is 13.0. The summed E-state index contributed by atoms with van der Waals surface area (Å²) in [5.41, 5.74) is 3.75. The molecule has 0 unspecified atom stereocenters. The van der Waals surface area contributed by atoms with Gasteiger partial charge in [-0.15, -0.1) is 0 Å². The van der Waals surface area contributed by atoms with E-state index in [0.717, 1.165) is 21.3 Å². The Morgan fingerprint density at radius 3 is 2.50 bits per heavy atom. The third kappa shape index (κ3) is 3.05. The SMILES string of the molecule is Cc1ccc(CC(=O)c2ccc(C)cc2Br)nc1. The Bertz CT molecular complexity index is 576. The van der Waals surface area contributed by atoms with E-state index in [1.54, 1.807) is 6.20 Å². The minimum absolute atomic E-state index is 0.0817. The maximum absolute atomic E-state index is 12.2. The standard InChI is InChI=1S/C15H14BrNO/c1-10-4-6-13(14(16)7-10)15(18)8-12-5-3-11(2)9-17-12/h3-7,9H,8H2,1-2H3. The van der Waals surface area contributed by atoms with Crippen LogP contribution in [0.25, 0.3) is 0 Å². The second-order valence-corrected chi connectivity index (χ2v) is 5.26. The van der Waals surface area contributed by atoms with Crippen LogP contribution < -0.4 is 0 Å². The Hall–Kier alpha value is -1.48. The third-order valence-electron chi connectivity index (χ3n) is 2.74. The lowest BCUT2D eigenvalue weighted by molar-refractivity contribution is 0.0991. The lowest BCUT2D eigenvalue weighted by atomic mass is 10.0. The molecule has 0 saturated heterocycles. The van der Waals surface area contributed by atoms with E-state index in [4.69, 9.17) is 0 Å². The summed E-state index contributed by atoms with van der Waals surface area (Å²) in [6.07, 6.45) is 2.12. The molecular weight excluding hydrogens is 290 g/mol. The number of hydrogen-bond acceptors (Lipinski definition) is 2. The summed E-state index contributed by atoms with van der Waals surface area (Å²) >= 11 is 3.43. The van der Waals surface area contributed by atoms with Crippen LogP contribution in [0.3, 0.4) is 0 Å². The molecule has 0 amide bonds. The van der Waals surface area contributed by atoms with Gasteiger partial charge in [0.25, 0.3) is 0 Å². The van der Waals surface area contributed by atoms with Crippen LogP contribution in [0.15, 0.2) is 41.0 Å². The molecule has 0 bridgehead atoms. The fraction of sp³-hybridized carbons (Fsp3) is 0.200. The number of hydrogen-bond donors (Lipinski definition) is 0. The van der Waals surface area contributed by atoms with Gasteiger partial charge in [-0.25, -0.2) is 0 Å². The second kappa shape index (κ2) is 5.44. The molecule has 2 aromatic rings. The van der Waals surface area contributed by atoms with Gasteiger partial charge >= 0.3 is 0 Å². The quantitative estimate of drug-likeness (QED) is 0.805. The van der Waals surface area contributed by atoms with Crippen LogP contribution in [-0.2, 0) is 6.42 Å². The highest BCUT2D eigenvalue weighted by molar-refractivity contribution is 9.10. The molecule has 0 N–H and O–H groups in total. The molecule has 1 heterocycles. The molecule has 18 heavy (non-hydrogen) atoms. The Labute approximate surface area is 115 Å². The number of rotatable bonds is 3. The summed E-state index contributed by atoms with van der Waals surface area (Å²) in [6.45, 7) is 3.98. The summed E-state index contributed by atoms with van der Waals surface area (Å²) in [5.74, 6) is 0.0817. The van der Waals surface area contributed by atoms with Gasteiger partial charge in [0.05, 0.1) is 6.42 Å². The highest BCUT2D eigenvalue weighted by Gasteiger charge is 2.11. The van der Waals surface area contributed by atoms with Crippen molar-refractivity contribution in [2.24, 2.45) is 0 Å². The van der Waals surface area contributed by atoms with Crippen LogP contribution in [-0.4, -0.2) is 10.8 Å². The molecule has 0 aliphatic heterocycles. The number of carbonyl (C=O) groups excluding carboxylic acids is 1. The fourth-order valence-electron chi connectivity index (χ4n) is 1.71. The molecule has 0 spiro atoms. The van der Waals surface area contributed by atoms with Crippen molar-refractivity contribution in [1.82, 2.24) is 4.98 Å². The fourth-order valence-corrected chi connectivity index (χ4v) is 2.42. The first-order valence-corrected chi connectivity index (χ1v) is 6.56. The zero-order chi connectivity index (χ0) is 13.1. The number of aromatic nitrogens is 1. The lowest BCUT2D eigenvalue weighted by Crippen LogP contribution is -2.06. The van der Waals surface area contributed by atoms with Crippen LogP contribution in [0.2, 0.25) is 0 Å². The minimum atomic E-state index is 0.0817. The highest BCUT2D eigenvalue weighted by Crippen LogP contribution is 2.20. The Balaban J connectivity index is 2.19. The molecule has 0 saturated carbocycles. The van der Waals surface area contributed by atoms with E-state index < -0.39 is 0 Å². The van der Waals surface area contributed by atoms with E-state index in [9.17, 15) is 4.79 Å². The van der Waals surface area contributed by atoms with Crippen molar-refractivity contribution in [2.45, 2.75) is 20.3 Å².